The number of nitrogen functional groups attached to an aromatic ring is 2. The van der Waals surface area contributed by atoms with Gasteiger partial charge in [-0.15, -0.1) is 0 Å². The van der Waals surface area contributed by atoms with E-state index in [1.54, 1.807) is 0 Å². The van der Waals surface area contributed by atoms with Crippen molar-refractivity contribution >= 4 is 11.4 Å². The highest BCUT2D eigenvalue weighted by Gasteiger charge is 2.21. The molecule has 1 aromatic rings. The molecule has 4 N–H and O–H groups in total. The van der Waals surface area contributed by atoms with E-state index >= 15 is 0 Å². The first-order valence-corrected chi connectivity index (χ1v) is 3.40. The zero-order valence-corrected chi connectivity index (χ0v) is 6.81. The van der Waals surface area contributed by atoms with Crippen molar-refractivity contribution < 1.29 is 8.78 Å². The first kappa shape index (κ1) is 9.75. The van der Waals surface area contributed by atoms with E-state index in [1.165, 1.54) is 12.1 Å². The average Bonchev–Trinajstić information content (AvgIpc) is 2.16. The molecule has 4 nitrogen and oxygen atoms in total. The van der Waals surface area contributed by atoms with Gasteiger partial charge in [-0.05, 0) is 0 Å². The molecule has 14 heavy (non-hydrogen) atoms. The molecule has 0 fully saturated rings. The Morgan fingerprint density at radius 1 is 0.857 bits per heavy atom. The van der Waals surface area contributed by atoms with E-state index in [-0.39, 0.29) is 0 Å². The number of nitriles is 2. The molecule has 0 atom stereocenters. The number of hydrogen-bond acceptors (Lipinski definition) is 4. The lowest BCUT2D eigenvalue weighted by Gasteiger charge is -2.06. The Morgan fingerprint density at radius 2 is 1.21 bits per heavy atom. The van der Waals surface area contributed by atoms with E-state index in [9.17, 15) is 8.78 Å². The molecule has 0 bridgehead atoms. The summed E-state index contributed by atoms with van der Waals surface area (Å²) in [6.45, 7) is 0. The SMILES string of the molecule is N#Cc1c(N)c(F)c(N)c(C#N)c1F. The van der Waals surface area contributed by atoms with Gasteiger partial charge in [0.2, 0.25) is 0 Å². The van der Waals surface area contributed by atoms with Gasteiger partial charge in [0.25, 0.3) is 0 Å². The second-order valence-electron chi connectivity index (χ2n) is 2.43. The fourth-order valence-corrected chi connectivity index (χ4v) is 0.945. The molecular weight excluding hydrogens is 190 g/mol. The summed E-state index contributed by atoms with van der Waals surface area (Å²) < 4.78 is 26.3. The van der Waals surface area contributed by atoms with Crippen LogP contribution in [0.15, 0.2) is 0 Å². The number of hydrogen-bond donors (Lipinski definition) is 2. The lowest BCUT2D eigenvalue weighted by Crippen LogP contribution is -2.06. The summed E-state index contributed by atoms with van der Waals surface area (Å²) in [6.07, 6.45) is 0. The number of anilines is 2. The second-order valence-corrected chi connectivity index (χ2v) is 2.43. The minimum Gasteiger partial charge on any atom is -0.395 e. The zero-order chi connectivity index (χ0) is 10.9. The van der Waals surface area contributed by atoms with Crippen LogP contribution < -0.4 is 11.5 Å². The zero-order valence-electron chi connectivity index (χ0n) is 6.81. The lowest BCUT2D eigenvalue weighted by molar-refractivity contribution is 0.601. The Labute approximate surface area is 78.0 Å². The third-order valence-corrected chi connectivity index (χ3v) is 1.67. The monoisotopic (exact) mass is 194 g/mol. The summed E-state index contributed by atoms with van der Waals surface area (Å²) in [4.78, 5) is 0. The van der Waals surface area contributed by atoms with Crippen molar-refractivity contribution in [3.63, 3.8) is 0 Å². The highest BCUT2D eigenvalue weighted by Crippen LogP contribution is 2.28. The maximum atomic E-state index is 13.2. The summed E-state index contributed by atoms with van der Waals surface area (Å²) >= 11 is 0. The summed E-state index contributed by atoms with van der Waals surface area (Å²) in [6, 6.07) is 2.72. The van der Waals surface area contributed by atoms with Crippen LogP contribution in [0.2, 0.25) is 0 Å². The van der Waals surface area contributed by atoms with E-state index in [2.05, 4.69) is 0 Å². The van der Waals surface area contributed by atoms with Gasteiger partial charge in [0, 0.05) is 0 Å². The van der Waals surface area contributed by atoms with E-state index in [1.807, 2.05) is 0 Å². The largest absolute Gasteiger partial charge is 0.395 e. The molecule has 0 radical (unpaired) electrons. The topological polar surface area (TPSA) is 99.6 Å². The summed E-state index contributed by atoms with van der Waals surface area (Å²) in [7, 11) is 0. The highest BCUT2D eigenvalue weighted by atomic mass is 19.1. The molecule has 0 saturated heterocycles. The van der Waals surface area contributed by atoms with Crippen LogP contribution in [-0.4, -0.2) is 0 Å². The fraction of sp³-hybridized carbons (Fsp3) is 0. The molecule has 70 valence electrons. The van der Waals surface area contributed by atoms with Crippen molar-refractivity contribution in [2.45, 2.75) is 0 Å². The quantitative estimate of drug-likeness (QED) is 0.598. The van der Waals surface area contributed by atoms with Crippen molar-refractivity contribution in [2.75, 3.05) is 11.5 Å². The van der Waals surface area contributed by atoms with Crippen LogP contribution in [0.5, 0.6) is 0 Å². The minimum absolute atomic E-state index is 0.679. The maximum absolute atomic E-state index is 13.2. The van der Waals surface area contributed by atoms with Crippen molar-refractivity contribution in [3.8, 4) is 12.1 Å². The first-order valence-electron chi connectivity index (χ1n) is 3.40. The summed E-state index contributed by atoms with van der Waals surface area (Å²) in [5.74, 6) is -2.33. The normalized spacial score (nSPS) is 9.14. The highest BCUT2D eigenvalue weighted by molar-refractivity contribution is 5.70. The summed E-state index contributed by atoms with van der Waals surface area (Å²) in [5.41, 5.74) is 7.42. The molecular formula is C8H4F2N4. The van der Waals surface area contributed by atoms with Crippen molar-refractivity contribution in [1.82, 2.24) is 0 Å². The Bertz CT molecular complexity index is 441. The van der Waals surface area contributed by atoms with Crippen LogP contribution in [-0.2, 0) is 0 Å². The van der Waals surface area contributed by atoms with Crippen LogP contribution in [0, 0.1) is 34.3 Å². The van der Waals surface area contributed by atoms with Gasteiger partial charge in [-0.3, -0.25) is 0 Å². The van der Waals surface area contributed by atoms with Gasteiger partial charge >= 0.3 is 0 Å². The van der Waals surface area contributed by atoms with Crippen LogP contribution in [0.1, 0.15) is 11.1 Å². The molecule has 1 rings (SSSR count). The number of halogens is 2. The van der Waals surface area contributed by atoms with Gasteiger partial charge in [-0.1, -0.05) is 0 Å². The maximum Gasteiger partial charge on any atom is 0.171 e. The molecule has 0 amide bonds. The van der Waals surface area contributed by atoms with Gasteiger partial charge in [0.15, 0.2) is 11.6 Å². The van der Waals surface area contributed by atoms with Gasteiger partial charge in [-0.25, -0.2) is 8.78 Å². The molecule has 0 unspecified atom stereocenters. The van der Waals surface area contributed by atoms with Crippen LogP contribution in [0.4, 0.5) is 20.2 Å². The van der Waals surface area contributed by atoms with Gasteiger partial charge in [0.1, 0.15) is 23.3 Å². The average molecular weight is 194 g/mol. The predicted molar refractivity (Wildman–Crippen MR) is 44.6 cm³/mol. The molecule has 0 aromatic heterocycles. The van der Waals surface area contributed by atoms with Crippen molar-refractivity contribution in [1.29, 1.82) is 10.5 Å². The Kier molecular flexibility index (Phi) is 2.22. The molecule has 0 spiro atoms. The number of nitrogens with two attached hydrogens (primary N) is 2. The van der Waals surface area contributed by atoms with Gasteiger partial charge in [-0.2, -0.15) is 10.5 Å². The predicted octanol–water partition coefficient (Wildman–Crippen LogP) is 0.873. The lowest BCUT2D eigenvalue weighted by atomic mass is 10.1. The number of nitrogens with zero attached hydrogens (tertiary/aromatic N) is 2. The van der Waals surface area contributed by atoms with Crippen molar-refractivity contribution in [2.24, 2.45) is 0 Å². The van der Waals surface area contributed by atoms with E-state index in [0.29, 0.717) is 0 Å². The Balaban J connectivity index is 3.78. The molecule has 1 aromatic carbocycles. The van der Waals surface area contributed by atoms with Crippen LogP contribution in [0.25, 0.3) is 0 Å². The third kappa shape index (κ3) is 1.10. The molecule has 0 aliphatic carbocycles. The van der Waals surface area contributed by atoms with Gasteiger partial charge < -0.3 is 11.5 Å². The fourth-order valence-electron chi connectivity index (χ4n) is 0.945. The van der Waals surface area contributed by atoms with Gasteiger partial charge in [0.05, 0.1) is 11.4 Å². The Hall–Kier alpha value is -2.34. The minimum atomic E-state index is -1.19. The third-order valence-electron chi connectivity index (χ3n) is 1.67. The number of benzene rings is 1. The molecule has 0 aliphatic rings. The van der Waals surface area contributed by atoms with E-state index in [0.717, 1.165) is 0 Å². The second kappa shape index (κ2) is 3.19. The summed E-state index contributed by atoms with van der Waals surface area (Å²) in [5, 5.41) is 16.9. The Morgan fingerprint density at radius 3 is 1.50 bits per heavy atom. The molecule has 0 saturated carbocycles. The first-order chi connectivity index (χ1) is 6.54. The van der Waals surface area contributed by atoms with E-state index < -0.39 is 34.1 Å². The van der Waals surface area contributed by atoms with E-state index in [4.69, 9.17) is 22.0 Å². The van der Waals surface area contributed by atoms with Crippen LogP contribution >= 0.6 is 0 Å². The molecule has 6 heteroatoms. The smallest absolute Gasteiger partial charge is 0.171 e. The molecule has 0 aliphatic heterocycles. The molecule has 0 heterocycles. The standard InChI is InChI=1S/C8H4F2N4/c9-5-3(1-11)7(13)6(10)8(14)4(5)2-12/h13-14H2. The van der Waals surface area contributed by atoms with Crippen molar-refractivity contribution in [3.05, 3.63) is 22.8 Å². The number of rotatable bonds is 0. The van der Waals surface area contributed by atoms with Crippen LogP contribution in [0.3, 0.4) is 0 Å².